The molecule has 3 rings (SSSR count). The van der Waals surface area contributed by atoms with E-state index in [1.54, 1.807) is 23.7 Å². The van der Waals surface area contributed by atoms with Crippen LogP contribution in [-0.2, 0) is 16.6 Å². The molecule has 1 aliphatic rings. The standard InChI is InChI=1S/C15H20N4O2S2/c1-11-16-9-12(15(18-11)13-5-3-7-19(13)2)10-17-23(20,21)14-6-4-8-22-14/h4,6,8-9,13,17H,3,5,7,10H2,1-2H3/t13-/m1/s1. The topological polar surface area (TPSA) is 75.2 Å². The SMILES string of the molecule is Cc1ncc(CNS(=O)(=O)c2cccs2)c([C@H]2CCCN2C)n1. The summed E-state index contributed by atoms with van der Waals surface area (Å²) < 4.78 is 27.5. The van der Waals surface area contributed by atoms with E-state index in [-0.39, 0.29) is 12.6 Å². The lowest BCUT2D eigenvalue weighted by atomic mass is 10.1. The number of rotatable bonds is 5. The molecule has 1 saturated heterocycles. The number of hydrogen-bond acceptors (Lipinski definition) is 6. The van der Waals surface area contributed by atoms with Crippen LogP contribution < -0.4 is 4.72 Å². The minimum absolute atomic E-state index is 0.209. The Morgan fingerprint density at radius 2 is 2.30 bits per heavy atom. The Labute approximate surface area is 140 Å². The van der Waals surface area contributed by atoms with Crippen LogP contribution in [-0.4, -0.2) is 36.9 Å². The first kappa shape index (κ1) is 16.5. The van der Waals surface area contributed by atoms with Crippen molar-refractivity contribution in [3.05, 3.63) is 40.8 Å². The fourth-order valence-electron chi connectivity index (χ4n) is 2.85. The van der Waals surface area contributed by atoms with Gasteiger partial charge in [-0.3, -0.25) is 4.90 Å². The first-order valence-corrected chi connectivity index (χ1v) is 9.89. The van der Waals surface area contributed by atoms with E-state index < -0.39 is 10.0 Å². The highest BCUT2D eigenvalue weighted by Gasteiger charge is 2.27. The highest BCUT2D eigenvalue weighted by molar-refractivity contribution is 7.91. The van der Waals surface area contributed by atoms with Gasteiger partial charge in [-0.25, -0.2) is 23.1 Å². The molecule has 0 aromatic carbocycles. The summed E-state index contributed by atoms with van der Waals surface area (Å²) in [6.07, 6.45) is 3.91. The predicted octanol–water partition coefficient (Wildman–Crippen LogP) is 2.09. The van der Waals surface area contributed by atoms with Crippen molar-refractivity contribution >= 4 is 21.4 Å². The molecule has 2 aromatic rings. The van der Waals surface area contributed by atoms with Crippen molar-refractivity contribution < 1.29 is 8.42 Å². The third-order valence-electron chi connectivity index (χ3n) is 4.07. The first-order valence-electron chi connectivity index (χ1n) is 7.53. The molecule has 0 bridgehead atoms. The Morgan fingerprint density at radius 3 is 2.96 bits per heavy atom. The maximum Gasteiger partial charge on any atom is 0.250 e. The van der Waals surface area contributed by atoms with Gasteiger partial charge in [0.05, 0.1) is 11.7 Å². The molecule has 1 N–H and O–H groups in total. The molecule has 6 nitrogen and oxygen atoms in total. The molecule has 23 heavy (non-hydrogen) atoms. The zero-order valence-electron chi connectivity index (χ0n) is 13.2. The smallest absolute Gasteiger partial charge is 0.250 e. The minimum atomic E-state index is -3.48. The number of hydrogen-bond donors (Lipinski definition) is 1. The van der Waals surface area contributed by atoms with Crippen molar-refractivity contribution in [1.29, 1.82) is 0 Å². The van der Waals surface area contributed by atoms with Gasteiger partial charge in [-0.1, -0.05) is 6.07 Å². The van der Waals surface area contributed by atoms with E-state index in [4.69, 9.17) is 0 Å². The van der Waals surface area contributed by atoms with Gasteiger partial charge in [0, 0.05) is 18.3 Å². The summed E-state index contributed by atoms with van der Waals surface area (Å²) >= 11 is 1.21. The van der Waals surface area contributed by atoms with E-state index in [0.717, 1.165) is 30.6 Å². The molecule has 0 aliphatic carbocycles. The number of nitrogens with one attached hydrogen (secondary N) is 1. The number of aryl methyl sites for hydroxylation is 1. The molecule has 3 heterocycles. The zero-order chi connectivity index (χ0) is 16.4. The maximum absolute atomic E-state index is 12.3. The van der Waals surface area contributed by atoms with Crippen LogP contribution in [0.1, 0.15) is 36.0 Å². The number of aromatic nitrogens is 2. The van der Waals surface area contributed by atoms with E-state index in [2.05, 4.69) is 26.6 Å². The van der Waals surface area contributed by atoms with Gasteiger partial charge in [-0.15, -0.1) is 11.3 Å². The van der Waals surface area contributed by atoms with Gasteiger partial charge < -0.3 is 0 Å². The number of thiophene rings is 1. The average molecular weight is 352 g/mol. The van der Waals surface area contributed by atoms with Crippen molar-refractivity contribution in [3.8, 4) is 0 Å². The van der Waals surface area contributed by atoms with E-state index in [9.17, 15) is 8.42 Å². The summed E-state index contributed by atoms with van der Waals surface area (Å²) in [4.78, 5) is 11.1. The minimum Gasteiger partial charge on any atom is -0.298 e. The number of nitrogens with zero attached hydrogens (tertiary/aromatic N) is 3. The average Bonchev–Trinajstić information content (AvgIpc) is 3.17. The van der Waals surface area contributed by atoms with Crippen LogP contribution in [0.4, 0.5) is 0 Å². The molecule has 0 saturated carbocycles. The van der Waals surface area contributed by atoms with E-state index in [0.29, 0.717) is 10.0 Å². The lowest BCUT2D eigenvalue weighted by Gasteiger charge is -2.21. The molecule has 2 aromatic heterocycles. The Bertz CT molecular complexity index is 775. The highest BCUT2D eigenvalue weighted by atomic mass is 32.2. The Morgan fingerprint density at radius 1 is 1.48 bits per heavy atom. The van der Waals surface area contributed by atoms with Gasteiger partial charge in [0.1, 0.15) is 10.0 Å². The molecule has 0 unspecified atom stereocenters. The molecule has 8 heteroatoms. The van der Waals surface area contributed by atoms with Crippen LogP contribution in [0.25, 0.3) is 0 Å². The molecule has 0 spiro atoms. The highest BCUT2D eigenvalue weighted by Crippen LogP contribution is 2.31. The van der Waals surface area contributed by atoms with Gasteiger partial charge in [0.15, 0.2) is 0 Å². The van der Waals surface area contributed by atoms with Crippen molar-refractivity contribution in [2.45, 2.75) is 36.6 Å². The summed E-state index contributed by atoms with van der Waals surface area (Å²) in [7, 11) is -1.40. The van der Waals surface area contributed by atoms with Gasteiger partial charge in [0.2, 0.25) is 10.0 Å². The normalized spacial score (nSPS) is 19.3. The maximum atomic E-state index is 12.3. The summed E-state index contributed by atoms with van der Waals surface area (Å²) in [5, 5.41) is 1.75. The second-order valence-corrected chi connectivity index (χ2v) is 8.66. The zero-order valence-corrected chi connectivity index (χ0v) is 14.8. The van der Waals surface area contributed by atoms with Crippen LogP contribution in [0.3, 0.4) is 0 Å². The molecule has 124 valence electrons. The third-order valence-corrected chi connectivity index (χ3v) is 6.87. The van der Waals surface area contributed by atoms with Crippen LogP contribution in [0, 0.1) is 6.92 Å². The van der Waals surface area contributed by atoms with Crippen LogP contribution in [0.5, 0.6) is 0 Å². The monoisotopic (exact) mass is 352 g/mol. The second kappa shape index (κ2) is 6.64. The van der Waals surface area contributed by atoms with Crippen LogP contribution in [0.15, 0.2) is 27.9 Å². The van der Waals surface area contributed by atoms with Crippen molar-refractivity contribution in [2.24, 2.45) is 0 Å². The fraction of sp³-hybridized carbons (Fsp3) is 0.467. The largest absolute Gasteiger partial charge is 0.298 e. The van der Waals surface area contributed by atoms with Gasteiger partial charge >= 0.3 is 0 Å². The van der Waals surface area contributed by atoms with Crippen molar-refractivity contribution in [2.75, 3.05) is 13.6 Å². The number of sulfonamides is 1. The quantitative estimate of drug-likeness (QED) is 0.892. The number of likely N-dealkylation sites (tertiary alicyclic amines) is 1. The molecule has 0 amide bonds. The first-order chi connectivity index (χ1) is 11.0. The molecule has 0 radical (unpaired) electrons. The lowest BCUT2D eigenvalue weighted by Crippen LogP contribution is -2.26. The summed E-state index contributed by atoms with van der Waals surface area (Å²) in [5.74, 6) is 0.713. The molecular weight excluding hydrogens is 332 g/mol. The van der Waals surface area contributed by atoms with Crippen LogP contribution >= 0.6 is 11.3 Å². The second-order valence-electron chi connectivity index (χ2n) is 5.72. The van der Waals surface area contributed by atoms with E-state index >= 15 is 0 Å². The molecular formula is C15H20N4O2S2. The summed E-state index contributed by atoms with van der Waals surface area (Å²) in [5.41, 5.74) is 1.78. The van der Waals surface area contributed by atoms with E-state index in [1.807, 2.05) is 6.92 Å². The third kappa shape index (κ3) is 3.60. The van der Waals surface area contributed by atoms with Gasteiger partial charge in [-0.05, 0) is 44.8 Å². The Hall–Kier alpha value is -1.35. The summed E-state index contributed by atoms with van der Waals surface area (Å²) in [6.45, 7) is 3.10. The van der Waals surface area contributed by atoms with Crippen LogP contribution in [0.2, 0.25) is 0 Å². The van der Waals surface area contributed by atoms with E-state index in [1.165, 1.54) is 11.3 Å². The van der Waals surface area contributed by atoms with Crippen molar-refractivity contribution in [3.63, 3.8) is 0 Å². The molecule has 1 aliphatic heterocycles. The van der Waals surface area contributed by atoms with Gasteiger partial charge in [0.25, 0.3) is 0 Å². The Balaban J connectivity index is 1.83. The van der Waals surface area contributed by atoms with Gasteiger partial charge in [-0.2, -0.15) is 0 Å². The molecule has 1 atom stereocenters. The summed E-state index contributed by atoms with van der Waals surface area (Å²) in [6, 6.07) is 3.56. The molecule has 1 fully saturated rings. The lowest BCUT2D eigenvalue weighted by molar-refractivity contribution is 0.309. The van der Waals surface area contributed by atoms with Crippen molar-refractivity contribution in [1.82, 2.24) is 19.6 Å². The predicted molar refractivity (Wildman–Crippen MR) is 89.7 cm³/mol. The fourth-order valence-corrected chi connectivity index (χ4v) is 4.90. The Kier molecular flexibility index (Phi) is 4.77.